The maximum absolute atomic E-state index is 11.7. The minimum Gasteiger partial charge on any atom is -0.378 e. The van der Waals surface area contributed by atoms with Gasteiger partial charge in [-0.1, -0.05) is 6.07 Å². The highest BCUT2D eigenvalue weighted by atomic mass is 16.5. The van der Waals surface area contributed by atoms with E-state index in [9.17, 15) is 9.59 Å². The van der Waals surface area contributed by atoms with E-state index >= 15 is 0 Å². The summed E-state index contributed by atoms with van der Waals surface area (Å²) in [6.07, 6.45) is 0. The number of nitrogens with zero attached hydrogens (tertiary/aromatic N) is 3. The van der Waals surface area contributed by atoms with Crippen molar-refractivity contribution in [2.45, 2.75) is 0 Å². The molecule has 2 rings (SSSR count). The molecule has 0 bridgehead atoms. The predicted molar refractivity (Wildman–Crippen MR) is 63.9 cm³/mol. The number of hydrogen-bond acceptors (Lipinski definition) is 4. The fourth-order valence-corrected chi connectivity index (χ4v) is 1.45. The van der Waals surface area contributed by atoms with Crippen LogP contribution >= 0.6 is 0 Å². The van der Waals surface area contributed by atoms with Gasteiger partial charge in [0, 0.05) is 26.8 Å². The first-order valence-electron chi connectivity index (χ1n) is 5.08. The topological polar surface area (TPSA) is 60.4 Å². The van der Waals surface area contributed by atoms with Crippen molar-refractivity contribution in [3.63, 3.8) is 0 Å². The second kappa shape index (κ2) is 3.97. The largest absolute Gasteiger partial charge is 0.442 e. The Bertz CT molecular complexity index is 648. The first-order valence-corrected chi connectivity index (χ1v) is 5.08. The Balaban J connectivity index is 2.61. The van der Waals surface area contributed by atoms with Crippen molar-refractivity contribution in [3.05, 3.63) is 45.3 Å². The Morgan fingerprint density at radius 2 is 1.94 bits per heavy atom. The number of hydrogen-bond donors (Lipinski definition) is 0. The average Bonchev–Trinajstić information content (AvgIpc) is 2.57. The molecule has 1 heterocycles. The molecule has 0 radical (unpaired) electrons. The molecule has 90 valence electrons. The van der Waals surface area contributed by atoms with E-state index < -0.39 is 11.4 Å². The Labute approximate surface area is 97.3 Å². The summed E-state index contributed by atoms with van der Waals surface area (Å²) in [6.45, 7) is 0. The lowest BCUT2D eigenvalue weighted by Gasteiger charge is -2.12. The molecule has 0 fully saturated rings. The standard InChI is InChI=1S/C11H13N3O3/c1-12(2)8-5-4-6-9(7-8)14-10(15)13(3)11(16)17-14/h4-7H,1-3H3. The number of benzene rings is 1. The van der Waals surface area contributed by atoms with Crippen LogP contribution in [0.3, 0.4) is 0 Å². The molecule has 0 atom stereocenters. The monoisotopic (exact) mass is 235 g/mol. The second-order valence-corrected chi connectivity index (χ2v) is 3.91. The summed E-state index contributed by atoms with van der Waals surface area (Å²) in [6, 6.07) is 7.17. The normalized spacial score (nSPS) is 10.5. The Morgan fingerprint density at radius 1 is 1.24 bits per heavy atom. The van der Waals surface area contributed by atoms with E-state index in [0.29, 0.717) is 5.69 Å². The van der Waals surface area contributed by atoms with Crippen molar-refractivity contribution in [3.8, 4) is 5.69 Å². The molecule has 0 N–H and O–H groups in total. The van der Waals surface area contributed by atoms with Gasteiger partial charge in [-0.3, -0.25) is 0 Å². The maximum Gasteiger partial charge on any atom is 0.442 e. The number of aromatic nitrogens is 2. The Morgan fingerprint density at radius 3 is 2.47 bits per heavy atom. The summed E-state index contributed by atoms with van der Waals surface area (Å²) in [4.78, 5) is 24.8. The molecule has 0 saturated heterocycles. The summed E-state index contributed by atoms with van der Waals surface area (Å²) in [5, 5.41) is 0. The lowest BCUT2D eigenvalue weighted by molar-refractivity contribution is 0.312. The van der Waals surface area contributed by atoms with E-state index in [0.717, 1.165) is 15.0 Å². The quantitative estimate of drug-likeness (QED) is 0.745. The van der Waals surface area contributed by atoms with Crippen LogP contribution in [-0.4, -0.2) is 23.4 Å². The molecule has 0 aliphatic heterocycles. The van der Waals surface area contributed by atoms with Crippen LogP contribution in [0.5, 0.6) is 0 Å². The second-order valence-electron chi connectivity index (χ2n) is 3.91. The number of rotatable bonds is 2. The highest BCUT2D eigenvalue weighted by Crippen LogP contribution is 2.15. The molecule has 0 unspecified atom stereocenters. The van der Waals surface area contributed by atoms with Gasteiger partial charge in [0.05, 0.1) is 5.69 Å². The fourth-order valence-electron chi connectivity index (χ4n) is 1.45. The van der Waals surface area contributed by atoms with Crippen molar-refractivity contribution in [2.75, 3.05) is 19.0 Å². The van der Waals surface area contributed by atoms with Gasteiger partial charge in [0.1, 0.15) is 0 Å². The third kappa shape index (κ3) is 1.89. The van der Waals surface area contributed by atoms with Crippen molar-refractivity contribution in [1.29, 1.82) is 0 Å². The van der Waals surface area contributed by atoms with Gasteiger partial charge in [0.15, 0.2) is 0 Å². The van der Waals surface area contributed by atoms with Crippen LogP contribution in [0.15, 0.2) is 38.4 Å². The molecule has 0 saturated carbocycles. The minimum atomic E-state index is -0.676. The number of anilines is 1. The lowest BCUT2D eigenvalue weighted by Crippen LogP contribution is -2.25. The van der Waals surface area contributed by atoms with Gasteiger partial charge in [-0.2, -0.15) is 0 Å². The summed E-state index contributed by atoms with van der Waals surface area (Å²) < 4.78 is 6.76. The van der Waals surface area contributed by atoms with Crippen molar-refractivity contribution in [2.24, 2.45) is 7.05 Å². The maximum atomic E-state index is 11.7. The van der Waals surface area contributed by atoms with E-state index in [1.54, 1.807) is 18.2 Å². The van der Waals surface area contributed by atoms with Crippen LogP contribution in [0.2, 0.25) is 0 Å². The van der Waals surface area contributed by atoms with E-state index in [2.05, 4.69) is 0 Å². The third-order valence-corrected chi connectivity index (χ3v) is 2.48. The first kappa shape index (κ1) is 11.3. The molecular weight excluding hydrogens is 222 g/mol. The van der Waals surface area contributed by atoms with E-state index in [-0.39, 0.29) is 0 Å². The lowest BCUT2D eigenvalue weighted by atomic mass is 10.2. The zero-order valence-electron chi connectivity index (χ0n) is 9.88. The molecule has 1 aromatic heterocycles. The van der Waals surface area contributed by atoms with Gasteiger partial charge < -0.3 is 9.42 Å². The average molecular weight is 235 g/mol. The van der Waals surface area contributed by atoms with Crippen LogP contribution in [-0.2, 0) is 7.05 Å². The zero-order chi connectivity index (χ0) is 12.6. The fraction of sp³-hybridized carbons (Fsp3) is 0.273. The molecule has 1 aromatic carbocycles. The van der Waals surface area contributed by atoms with E-state index in [1.807, 2.05) is 25.1 Å². The SMILES string of the molecule is CN(C)c1cccc(-n2oc(=O)n(C)c2=O)c1. The van der Waals surface area contributed by atoms with Gasteiger partial charge in [-0.25, -0.2) is 14.2 Å². The van der Waals surface area contributed by atoms with Gasteiger partial charge >= 0.3 is 11.4 Å². The van der Waals surface area contributed by atoms with Crippen LogP contribution in [0.4, 0.5) is 5.69 Å². The molecule has 2 aromatic rings. The van der Waals surface area contributed by atoms with E-state index in [4.69, 9.17) is 4.52 Å². The van der Waals surface area contributed by atoms with Crippen LogP contribution in [0.1, 0.15) is 0 Å². The molecule has 0 aliphatic rings. The molecule has 0 amide bonds. The smallest absolute Gasteiger partial charge is 0.378 e. The highest BCUT2D eigenvalue weighted by molar-refractivity contribution is 5.51. The summed E-state index contributed by atoms with van der Waals surface area (Å²) in [7, 11) is 5.16. The van der Waals surface area contributed by atoms with E-state index in [1.165, 1.54) is 7.05 Å². The molecule has 6 nitrogen and oxygen atoms in total. The molecule has 0 spiro atoms. The summed E-state index contributed by atoms with van der Waals surface area (Å²) >= 11 is 0. The predicted octanol–water partition coefficient (Wildman–Crippen LogP) is 0.195. The first-order chi connectivity index (χ1) is 8.00. The summed E-state index contributed by atoms with van der Waals surface area (Å²) in [5.41, 5.74) is 0.950. The highest BCUT2D eigenvalue weighted by Gasteiger charge is 2.10. The molecule has 0 aliphatic carbocycles. The van der Waals surface area contributed by atoms with Crippen LogP contribution in [0, 0.1) is 0 Å². The zero-order valence-corrected chi connectivity index (χ0v) is 9.88. The van der Waals surface area contributed by atoms with Gasteiger partial charge in [0.2, 0.25) is 0 Å². The van der Waals surface area contributed by atoms with Gasteiger partial charge in [-0.15, -0.1) is 4.74 Å². The van der Waals surface area contributed by atoms with Crippen LogP contribution < -0.4 is 16.3 Å². The van der Waals surface area contributed by atoms with Crippen LogP contribution in [0.25, 0.3) is 5.69 Å². The summed E-state index contributed by atoms with van der Waals surface area (Å²) in [5.74, 6) is -0.676. The Hall–Kier alpha value is -2.24. The van der Waals surface area contributed by atoms with Gasteiger partial charge in [-0.05, 0) is 18.2 Å². The van der Waals surface area contributed by atoms with Crippen molar-refractivity contribution >= 4 is 5.69 Å². The third-order valence-electron chi connectivity index (χ3n) is 2.48. The minimum absolute atomic E-state index is 0.495. The molecule has 17 heavy (non-hydrogen) atoms. The van der Waals surface area contributed by atoms with Crippen molar-refractivity contribution < 1.29 is 4.52 Å². The Kier molecular flexibility index (Phi) is 2.63. The van der Waals surface area contributed by atoms with Gasteiger partial charge in [0.25, 0.3) is 0 Å². The van der Waals surface area contributed by atoms with Crippen molar-refractivity contribution in [1.82, 2.24) is 9.31 Å². The molecular formula is C11H13N3O3. The molecule has 6 heteroatoms.